The number of rotatable bonds is 6. The minimum absolute atomic E-state index is 0.0997. The van der Waals surface area contributed by atoms with Gasteiger partial charge in [-0.2, -0.15) is 13.2 Å². The van der Waals surface area contributed by atoms with E-state index in [2.05, 4.69) is 0 Å². The Labute approximate surface area is 121 Å². The molecule has 0 heterocycles. The number of carbonyl (C=O) groups excluding carboxylic acids is 1. The van der Waals surface area contributed by atoms with Gasteiger partial charge in [-0.1, -0.05) is 12.1 Å². The summed E-state index contributed by atoms with van der Waals surface area (Å²) in [5.41, 5.74) is 5.13. The van der Waals surface area contributed by atoms with E-state index in [9.17, 15) is 18.0 Å². The van der Waals surface area contributed by atoms with Crippen LogP contribution < -0.4 is 5.73 Å². The van der Waals surface area contributed by atoms with E-state index in [1.807, 2.05) is 0 Å². The summed E-state index contributed by atoms with van der Waals surface area (Å²) in [5, 5.41) is 0. The Bertz CT molecular complexity index is 474. The van der Waals surface area contributed by atoms with Gasteiger partial charge in [0.25, 0.3) is 0 Å². The minimum atomic E-state index is -4.39. The number of nitrogens with two attached hydrogens (primary N) is 1. The lowest BCUT2D eigenvalue weighted by Crippen LogP contribution is -2.33. The standard InChI is InChI=1S/C14H19F3N2O2/c1-19(13(20)7-12(8-18)21-2)9-10-4-3-5-11(6-10)14(15,16)17/h3-6,12H,7-9,18H2,1-2H3. The highest BCUT2D eigenvalue weighted by Crippen LogP contribution is 2.29. The molecule has 1 atom stereocenters. The van der Waals surface area contributed by atoms with Crippen molar-refractivity contribution in [3.05, 3.63) is 35.4 Å². The van der Waals surface area contributed by atoms with Crippen molar-refractivity contribution in [2.24, 2.45) is 5.73 Å². The molecule has 0 radical (unpaired) electrons. The Kier molecular flexibility index (Phi) is 6.17. The molecule has 0 aliphatic heterocycles. The van der Waals surface area contributed by atoms with E-state index in [0.717, 1.165) is 12.1 Å². The highest BCUT2D eigenvalue weighted by molar-refractivity contribution is 5.76. The van der Waals surface area contributed by atoms with Gasteiger partial charge in [0.2, 0.25) is 5.91 Å². The SMILES string of the molecule is COC(CN)CC(=O)N(C)Cc1cccc(C(F)(F)F)c1. The molecule has 0 aliphatic carbocycles. The third-order valence-electron chi connectivity index (χ3n) is 3.10. The van der Waals surface area contributed by atoms with Crippen LogP contribution in [-0.4, -0.2) is 37.6 Å². The zero-order chi connectivity index (χ0) is 16.0. The number of benzene rings is 1. The van der Waals surface area contributed by atoms with Crippen LogP contribution >= 0.6 is 0 Å². The molecule has 21 heavy (non-hydrogen) atoms. The normalized spacial score (nSPS) is 13.0. The Balaban J connectivity index is 2.70. The maximum atomic E-state index is 12.6. The van der Waals surface area contributed by atoms with E-state index in [0.29, 0.717) is 5.56 Å². The molecule has 2 N–H and O–H groups in total. The first-order valence-corrected chi connectivity index (χ1v) is 6.41. The molecule has 118 valence electrons. The van der Waals surface area contributed by atoms with E-state index in [1.54, 1.807) is 6.07 Å². The fourth-order valence-corrected chi connectivity index (χ4v) is 1.82. The van der Waals surface area contributed by atoms with Crippen molar-refractivity contribution in [1.29, 1.82) is 0 Å². The fourth-order valence-electron chi connectivity index (χ4n) is 1.82. The summed E-state index contributed by atoms with van der Waals surface area (Å²) >= 11 is 0. The predicted molar refractivity (Wildman–Crippen MR) is 72.4 cm³/mol. The van der Waals surface area contributed by atoms with Gasteiger partial charge in [0, 0.05) is 27.2 Å². The first-order chi connectivity index (χ1) is 9.77. The molecule has 1 amide bonds. The number of amides is 1. The average molecular weight is 304 g/mol. The van der Waals surface area contributed by atoms with Crippen LogP contribution in [0.1, 0.15) is 17.5 Å². The molecule has 0 aliphatic rings. The molecule has 0 fully saturated rings. The summed E-state index contributed by atoms with van der Waals surface area (Å²) in [6.07, 6.45) is -4.68. The molecule has 1 unspecified atom stereocenters. The summed E-state index contributed by atoms with van der Waals surface area (Å²) in [5.74, 6) is -0.232. The van der Waals surface area contributed by atoms with Gasteiger partial charge in [-0.25, -0.2) is 0 Å². The molecule has 1 aromatic carbocycles. The first-order valence-electron chi connectivity index (χ1n) is 6.41. The van der Waals surface area contributed by atoms with Crippen molar-refractivity contribution >= 4 is 5.91 Å². The lowest BCUT2D eigenvalue weighted by atomic mass is 10.1. The van der Waals surface area contributed by atoms with Crippen molar-refractivity contribution in [2.45, 2.75) is 25.2 Å². The second-order valence-electron chi connectivity index (χ2n) is 4.75. The van der Waals surface area contributed by atoms with Gasteiger partial charge in [0.15, 0.2) is 0 Å². The van der Waals surface area contributed by atoms with E-state index >= 15 is 0 Å². The number of alkyl halides is 3. The average Bonchev–Trinajstić information content (AvgIpc) is 2.43. The molecular weight excluding hydrogens is 285 g/mol. The molecule has 0 bridgehead atoms. The number of hydrogen-bond donors (Lipinski definition) is 1. The second-order valence-corrected chi connectivity index (χ2v) is 4.75. The van der Waals surface area contributed by atoms with Crippen molar-refractivity contribution in [3.63, 3.8) is 0 Å². The van der Waals surface area contributed by atoms with Crippen molar-refractivity contribution in [1.82, 2.24) is 4.90 Å². The Hall–Kier alpha value is -1.60. The third kappa shape index (κ3) is 5.35. The summed E-state index contributed by atoms with van der Waals surface area (Å²) < 4.78 is 42.9. The zero-order valence-electron chi connectivity index (χ0n) is 12.0. The quantitative estimate of drug-likeness (QED) is 0.875. The van der Waals surface area contributed by atoms with Crippen LogP contribution in [0, 0.1) is 0 Å². The molecule has 1 rings (SSSR count). The minimum Gasteiger partial charge on any atom is -0.380 e. The number of ether oxygens (including phenoxy) is 1. The van der Waals surface area contributed by atoms with Gasteiger partial charge < -0.3 is 15.4 Å². The lowest BCUT2D eigenvalue weighted by Gasteiger charge is -2.20. The first kappa shape index (κ1) is 17.5. The number of nitrogens with zero attached hydrogens (tertiary/aromatic N) is 1. The summed E-state index contributed by atoms with van der Waals surface area (Å²) in [6.45, 7) is 0.309. The van der Waals surface area contributed by atoms with Crippen LogP contribution in [0.4, 0.5) is 13.2 Å². The van der Waals surface area contributed by atoms with Crippen LogP contribution in [0.3, 0.4) is 0 Å². The van der Waals surface area contributed by atoms with E-state index in [1.165, 1.54) is 25.1 Å². The number of halogens is 3. The van der Waals surface area contributed by atoms with Gasteiger partial charge in [-0.15, -0.1) is 0 Å². The highest BCUT2D eigenvalue weighted by Gasteiger charge is 2.30. The van der Waals surface area contributed by atoms with Gasteiger partial charge in [-0.05, 0) is 17.7 Å². The fraction of sp³-hybridized carbons (Fsp3) is 0.500. The maximum absolute atomic E-state index is 12.6. The topological polar surface area (TPSA) is 55.6 Å². The monoisotopic (exact) mass is 304 g/mol. The van der Waals surface area contributed by atoms with E-state index in [4.69, 9.17) is 10.5 Å². The summed E-state index contributed by atoms with van der Waals surface area (Å²) in [7, 11) is 2.99. The van der Waals surface area contributed by atoms with Gasteiger partial charge >= 0.3 is 6.18 Å². The van der Waals surface area contributed by atoms with Crippen LogP contribution in [0.2, 0.25) is 0 Å². The largest absolute Gasteiger partial charge is 0.416 e. The third-order valence-corrected chi connectivity index (χ3v) is 3.10. The van der Waals surface area contributed by atoms with Crippen LogP contribution in [0.5, 0.6) is 0 Å². The summed E-state index contributed by atoms with van der Waals surface area (Å²) in [4.78, 5) is 13.3. The van der Waals surface area contributed by atoms with Crippen molar-refractivity contribution < 1.29 is 22.7 Å². The Morgan fingerprint density at radius 3 is 2.62 bits per heavy atom. The molecule has 7 heteroatoms. The molecule has 0 spiro atoms. The second kappa shape index (κ2) is 7.42. The number of methoxy groups -OCH3 is 1. The molecule has 0 aromatic heterocycles. The van der Waals surface area contributed by atoms with E-state index in [-0.39, 0.29) is 31.5 Å². The van der Waals surface area contributed by atoms with Gasteiger partial charge in [0.05, 0.1) is 18.1 Å². The zero-order valence-corrected chi connectivity index (χ0v) is 12.0. The van der Waals surface area contributed by atoms with Gasteiger partial charge in [0.1, 0.15) is 0 Å². The molecular formula is C14H19F3N2O2. The number of hydrogen-bond acceptors (Lipinski definition) is 3. The van der Waals surface area contributed by atoms with Crippen LogP contribution in [-0.2, 0) is 22.3 Å². The highest BCUT2D eigenvalue weighted by atomic mass is 19.4. The summed E-state index contributed by atoms with van der Waals surface area (Å²) in [6, 6.07) is 4.92. The lowest BCUT2D eigenvalue weighted by molar-refractivity contribution is -0.137. The van der Waals surface area contributed by atoms with Crippen LogP contribution in [0.25, 0.3) is 0 Å². The maximum Gasteiger partial charge on any atom is 0.416 e. The smallest absolute Gasteiger partial charge is 0.380 e. The predicted octanol–water partition coefficient (Wildman–Crippen LogP) is 2.03. The van der Waals surface area contributed by atoms with Crippen molar-refractivity contribution in [2.75, 3.05) is 20.7 Å². The Morgan fingerprint density at radius 1 is 1.43 bits per heavy atom. The Morgan fingerprint density at radius 2 is 2.10 bits per heavy atom. The van der Waals surface area contributed by atoms with Crippen LogP contribution in [0.15, 0.2) is 24.3 Å². The molecule has 1 aromatic rings. The van der Waals surface area contributed by atoms with Crippen molar-refractivity contribution in [3.8, 4) is 0 Å². The number of carbonyl (C=O) groups is 1. The van der Waals surface area contributed by atoms with E-state index < -0.39 is 11.7 Å². The molecule has 4 nitrogen and oxygen atoms in total. The molecule has 0 saturated heterocycles. The molecule has 0 saturated carbocycles. The van der Waals surface area contributed by atoms with Gasteiger partial charge in [-0.3, -0.25) is 4.79 Å².